The molecule has 7 nitrogen and oxygen atoms in total. The molecule has 0 spiro atoms. The Bertz CT molecular complexity index is 588. The van der Waals surface area contributed by atoms with Gasteiger partial charge in [0.2, 0.25) is 0 Å². The van der Waals surface area contributed by atoms with Crippen LogP contribution >= 0.6 is 0 Å². The Morgan fingerprint density at radius 3 is 1.76 bits per heavy atom. The maximum atomic E-state index is 11.7. The highest BCUT2D eigenvalue weighted by Crippen LogP contribution is 3.07. The van der Waals surface area contributed by atoms with Crippen LogP contribution in [-0.2, 0) is 14.4 Å². The van der Waals surface area contributed by atoms with Crippen LogP contribution in [0.1, 0.15) is 6.42 Å². The molecule has 7 heteroatoms. The summed E-state index contributed by atoms with van der Waals surface area (Å²) >= 11 is 0. The average molecular weight is 294 g/mol. The molecule has 0 amide bonds. The first-order valence-electron chi connectivity index (χ1n) is 7.20. The highest BCUT2D eigenvalue weighted by molar-refractivity contribution is 5.91. The number of carboxylic acid groups (broad SMARTS) is 3. The minimum atomic E-state index is -2.72. The van der Waals surface area contributed by atoms with Crippen molar-refractivity contribution in [1.82, 2.24) is 0 Å². The van der Waals surface area contributed by atoms with Crippen LogP contribution in [-0.4, -0.2) is 43.9 Å². The normalized spacial score (nSPS) is 56.1. The van der Waals surface area contributed by atoms with Gasteiger partial charge in [0.05, 0.1) is 6.42 Å². The van der Waals surface area contributed by atoms with Gasteiger partial charge in [0.25, 0.3) is 0 Å². The van der Waals surface area contributed by atoms with E-state index < -0.39 is 41.3 Å². The van der Waals surface area contributed by atoms with E-state index in [0.717, 1.165) is 5.92 Å². The lowest BCUT2D eigenvalue weighted by atomic mass is 8.95. The van der Waals surface area contributed by atoms with Crippen molar-refractivity contribution in [3.05, 3.63) is 0 Å². The van der Waals surface area contributed by atoms with E-state index in [2.05, 4.69) is 0 Å². The topological polar surface area (TPSA) is 132 Å². The molecule has 0 bridgehead atoms. The molecule has 0 saturated heterocycles. The number of carboxylic acids is 3. The van der Waals surface area contributed by atoms with Crippen LogP contribution in [0.5, 0.6) is 0 Å². The lowest BCUT2D eigenvalue weighted by Crippen LogP contribution is -3.07. The van der Waals surface area contributed by atoms with Crippen molar-refractivity contribution < 1.29 is 34.8 Å². The number of carbonyl (C=O) groups is 3. The molecule has 2 unspecified atom stereocenters. The molecule has 0 radical (unpaired) electrons. The van der Waals surface area contributed by atoms with Crippen LogP contribution in [0.2, 0.25) is 0 Å². The first kappa shape index (κ1) is 12.0. The summed E-state index contributed by atoms with van der Waals surface area (Å²) in [6.07, 6.45) is -1.07. The van der Waals surface area contributed by atoms with Gasteiger partial charge in [0, 0.05) is 0 Å². The van der Waals surface area contributed by atoms with E-state index >= 15 is 0 Å². The molecule has 6 aliphatic rings. The third-order valence-corrected chi connectivity index (χ3v) is 7.57. The van der Waals surface area contributed by atoms with E-state index in [1.165, 1.54) is 0 Å². The van der Waals surface area contributed by atoms with E-state index in [1.807, 2.05) is 0 Å². The lowest BCUT2D eigenvalue weighted by Gasteiger charge is -3.08. The number of hydrogen-bond acceptors (Lipinski definition) is 4. The van der Waals surface area contributed by atoms with Crippen molar-refractivity contribution in [2.24, 2.45) is 52.8 Å². The van der Waals surface area contributed by atoms with Crippen molar-refractivity contribution in [1.29, 1.82) is 0 Å². The van der Waals surface area contributed by atoms with Crippen LogP contribution in [0.25, 0.3) is 0 Å². The van der Waals surface area contributed by atoms with Gasteiger partial charge in [0.1, 0.15) is 5.92 Å². The summed E-state index contributed by atoms with van der Waals surface area (Å²) in [4.78, 5) is 34.1. The highest BCUT2D eigenvalue weighted by atomic mass is 16.4. The monoisotopic (exact) mass is 294 g/mol. The summed E-state index contributed by atoms with van der Waals surface area (Å²) in [6.45, 7) is 0. The molecule has 0 aromatic heterocycles. The van der Waals surface area contributed by atoms with Gasteiger partial charge >= 0.3 is 17.9 Å². The van der Waals surface area contributed by atoms with Gasteiger partial charge in [-0.3, -0.25) is 9.59 Å². The smallest absolute Gasteiger partial charge is 0.337 e. The zero-order valence-corrected chi connectivity index (χ0v) is 10.8. The summed E-state index contributed by atoms with van der Waals surface area (Å²) in [5.41, 5.74) is -3.36. The molecule has 0 aromatic carbocycles. The van der Waals surface area contributed by atoms with Crippen molar-refractivity contribution >= 4 is 17.9 Å². The van der Waals surface area contributed by atoms with Crippen LogP contribution < -0.4 is 0 Å². The van der Waals surface area contributed by atoms with E-state index in [9.17, 15) is 29.7 Å². The highest BCUT2D eigenvalue weighted by Gasteiger charge is 3.06. The molecule has 6 fully saturated rings. The first-order valence-corrected chi connectivity index (χ1v) is 7.20. The van der Waals surface area contributed by atoms with Crippen LogP contribution in [0.4, 0.5) is 0 Å². The molecule has 0 aromatic rings. The second-order valence-electron chi connectivity index (χ2n) is 7.46. The largest absolute Gasteiger partial charge is 0.481 e. The van der Waals surface area contributed by atoms with Gasteiger partial charge in [0.15, 0.2) is 5.60 Å². The second-order valence-corrected chi connectivity index (χ2v) is 7.46. The maximum Gasteiger partial charge on any atom is 0.337 e. The standard InChI is InChI=1S/C14H14O7/c15-2(16)1-13(21,12(19)20)10(11(17)18)14-7-4-3-5(7)9(14)6(3)8(4)14/h3-10,21H,1H2,(H,15,16)(H,17,18)(H,19,20). The molecule has 0 aliphatic heterocycles. The second kappa shape index (κ2) is 2.82. The van der Waals surface area contributed by atoms with Gasteiger partial charge in [-0.15, -0.1) is 0 Å². The first-order chi connectivity index (χ1) is 9.79. The van der Waals surface area contributed by atoms with Gasteiger partial charge in [-0.2, -0.15) is 0 Å². The van der Waals surface area contributed by atoms with Crippen LogP contribution in [0.15, 0.2) is 0 Å². The van der Waals surface area contributed by atoms with Gasteiger partial charge < -0.3 is 20.4 Å². The number of rotatable bonds is 6. The summed E-state index contributed by atoms with van der Waals surface area (Å²) in [5, 5.41) is 38.2. The third kappa shape index (κ3) is 0.781. The number of aliphatic hydroxyl groups is 1. The van der Waals surface area contributed by atoms with Crippen molar-refractivity contribution in [3.8, 4) is 0 Å². The Balaban J connectivity index is 1.56. The fourth-order valence-corrected chi connectivity index (χ4v) is 7.46. The zero-order chi connectivity index (χ0) is 15.1. The molecular formula is C14H14O7. The Labute approximate surface area is 118 Å². The summed E-state index contributed by atoms with van der Waals surface area (Å²) in [7, 11) is 0. The molecule has 6 aliphatic carbocycles. The molecule has 2 atom stereocenters. The van der Waals surface area contributed by atoms with Gasteiger partial charge in [-0.1, -0.05) is 0 Å². The van der Waals surface area contributed by atoms with Gasteiger partial charge in [-0.05, 0) is 46.8 Å². The maximum absolute atomic E-state index is 11.7. The van der Waals surface area contributed by atoms with E-state index in [-0.39, 0.29) is 17.8 Å². The van der Waals surface area contributed by atoms with Crippen LogP contribution in [0, 0.1) is 52.8 Å². The Kier molecular flexibility index (Phi) is 1.60. The van der Waals surface area contributed by atoms with Crippen LogP contribution in [0.3, 0.4) is 0 Å². The lowest BCUT2D eigenvalue weighted by molar-refractivity contribution is -0.626. The third-order valence-electron chi connectivity index (χ3n) is 7.57. The number of hydrogen-bond donors (Lipinski definition) is 4. The predicted molar refractivity (Wildman–Crippen MR) is 62.8 cm³/mol. The fourth-order valence-electron chi connectivity index (χ4n) is 7.46. The molecular weight excluding hydrogens is 280 g/mol. The van der Waals surface area contributed by atoms with E-state index in [0.29, 0.717) is 17.8 Å². The minimum Gasteiger partial charge on any atom is -0.481 e. The fraction of sp³-hybridized carbons (Fsp3) is 0.786. The summed E-state index contributed by atoms with van der Waals surface area (Å²) in [6, 6.07) is 0. The molecule has 6 saturated carbocycles. The molecule has 21 heavy (non-hydrogen) atoms. The Morgan fingerprint density at radius 1 is 0.952 bits per heavy atom. The summed E-state index contributed by atoms with van der Waals surface area (Å²) in [5.74, 6) is -3.21. The zero-order valence-electron chi connectivity index (χ0n) is 10.8. The summed E-state index contributed by atoms with van der Waals surface area (Å²) < 4.78 is 0. The molecule has 4 N–H and O–H groups in total. The number of aliphatic carboxylic acids is 3. The predicted octanol–water partition coefficient (Wildman–Crippen LogP) is -0.655. The van der Waals surface area contributed by atoms with E-state index in [4.69, 9.17) is 5.11 Å². The van der Waals surface area contributed by atoms with Crippen molar-refractivity contribution in [2.75, 3.05) is 0 Å². The van der Waals surface area contributed by atoms with Crippen molar-refractivity contribution in [3.63, 3.8) is 0 Å². The molecule has 112 valence electrons. The molecule has 6 rings (SSSR count). The average Bonchev–Trinajstić information content (AvgIpc) is 2.37. The minimum absolute atomic E-state index is 0.211. The van der Waals surface area contributed by atoms with Crippen molar-refractivity contribution in [2.45, 2.75) is 12.0 Å². The Morgan fingerprint density at radius 2 is 1.43 bits per heavy atom. The SMILES string of the molecule is O=C(O)CC(O)(C(=O)O)C(C(=O)O)C12C3C4C5C3C1C5C42. The quantitative estimate of drug-likeness (QED) is 0.511. The Hall–Kier alpha value is -1.63. The van der Waals surface area contributed by atoms with E-state index in [1.54, 1.807) is 0 Å². The molecule has 0 heterocycles. The van der Waals surface area contributed by atoms with Gasteiger partial charge in [-0.25, -0.2) is 4.79 Å².